The van der Waals surface area contributed by atoms with Gasteiger partial charge in [0.25, 0.3) is 0 Å². The average molecular weight is 432 g/mol. The van der Waals surface area contributed by atoms with Gasteiger partial charge in [-0.25, -0.2) is 9.67 Å². The Morgan fingerprint density at radius 1 is 1.12 bits per heavy atom. The molecule has 0 aliphatic carbocycles. The molecule has 0 radical (unpaired) electrons. The molecule has 1 aromatic heterocycles. The van der Waals surface area contributed by atoms with Gasteiger partial charge >= 0.3 is 0 Å². The van der Waals surface area contributed by atoms with Gasteiger partial charge in [-0.15, -0.1) is 0 Å². The van der Waals surface area contributed by atoms with E-state index in [0.717, 1.165) is 32.2 Å². The van der Waals surface area contributed by atoms with E-state index in [1.54, 1.807) is 13.4 Å². The van der Waals surface area contributed by atoms with Gasteiger partial charge in [-0.05, 0) is 65.9 Å². The van der Waals surface area contributed by atoms with E-state index in [-0.39, 0.29) is 0 Å². The number of anilines is 1. The highest BCUT2D eigenvalue weighted by molar-refractivity contribution is 14.1. The summed E-state index contributed by atoms with van der Waals surface area (Å²) >= 11 is 2.27. The Morgan fingerprint density at radius 3 is 2.50 bits per heavy atom. The molecule has 6 heteroatoms. The van der Waals surface area contributed by atoms with Gasteiger partial charge in [0.05, 0.1) is 28.4 Å². The number of rotatable bonds is 5. The zero-order valence-electron chi connectivity index (χ0n) is 13.4. The fraction of sp³-hybridized carbons (Fsp3) is 0.111. The molecule has 0 bridgehead atoms. The number of para-hydroxylation sites is 1. The van der Waals surface area contributed by atoms with Crippen LogP contribution >= 0.6 is 22.6 Å². The maximum atomic E-state index is 5.15. The van der Waals surface area contributed by atoms with Crippen LogP contribution in [0.5, 0.6) is 5.75 Å². The molecule has 122 valence electrons. The second kappa shape index (κ2) is 7.48. The minimum atomic E-state index is 0.806. The number of halogens is 1. The number of methoxy groups -OCH3 is 1. The SMILES string of the molecule is COc1ccc(N/C=N\c2c(I)c(C)nn2-c2ccccc2)cc1. The Morgan fingerprint density at radius 2 is 1.83 bits per heavy atom. The highest BCUT2D eigenvalue weighted by atomic mass is 127. The lowest BCUT2D eigenvalue weighted by Gasteiger charge is -2.05. The molecule has 3 aromatic rings. The van der Waals surface area contributed by atoms with Crippen molar-refractivity contribution in [1.82, 2.24) is 9.78 Å². The summed E-state index contributed by atoms with van der Waals surface area (Å²) in [5, 5.41) is 7.75. The number of aliphatic imine (C=N–C) groups is 1. The first-order chi connectivity index (χ1) is 11.7. The summed E-state index contributed by atoms with van der Waals surface area (Å²) in [7, 11) is 1.65. The molecule has 0 fully saturated rings. The summed E-state index contributed by atoms with van der Waals surface area (Å²) in [5.74, 6) is 1.63. The van der Waals surface area contributed by atoms with Crippen LogP contribution in [-0.2, 0) is 0 Å². The predicted molar refractivity (Wildman–Crippen MR) is 106 cm³/mol. The maximum Gasteiger partial charge on any atom is 0.170 e. The first kappa shape index (κ1) is 16.5. The van der Waals surface area contributed by atoms with E-state index < -0.39 is 0 Å². The van der Waals surface area contributed by atoms with Gasteiger partial charge in [0.15, 0.2) is 5.82 Å². The fourth-order valence-corrected chi connectivity index (χ4v) is 2.69. The van der Waals surface area contributed by atoms with E-state index >= 15 is 0 Å². The standard InChI is InChI=1S/C18H17IN4O/c1-13-17(19)18(23(22-13)15-6-4-3-5-7-15)21-12-20-14-8-10-16(24-2)11-9-14/h3-12H,1-2H3,(H,20,21). The number of nitrogens with one attached hydrogen (secondary N) is 1. The number of aromatic nitrogens is 2. The van der Waals surface area contributed by atoms with Gasteiger partial charge in [-0.1, -0.05) is 18.2 Å². The topological polar surface area (TPSA) is 51.4 Å². The molecule has 3 rings (SSSR count). The van der Waals surface area contributed by atoms with Crippen molar-refractivity contribution in [3.05, 3.63) is 63.9 Å². The van der Waals surface area contributed by atoms with E-state index in [1.807, 2.05) is 66.2 Å². The van der Waals surface area contributed by atoms with Crippen LogP contribution in [0, 0.1) is 10.5 Å². The molecular weight excluding hydrogens is 415 g/mol. The molecule has 0 atom stereocenters. The molecule has 0 unspecified atom stereocenters. The first-order valence-corrected chi connectivity index (χ1v) is 8.50. The summed E-state index contributed by atoms with van der Waals surface area (Å²) in [6.07, 6.45) is 1.68. The highest BCUT2D eigenvalue weighted by Crippen LogP contribution is 2.27. The zero-order valence-corrected chi connectivity index (χ0v) is 15.6. The Balaban J connectivity index is 1.84. The van der Waals surface area contributed by atoms with Crippen molar-refractivity contribution in [2.45, 2.75) is 6.92 Å². The van der Waals surface area contributed by atoms with Crippen LogP contribution in [-0.4, -0.2) is 23.2 Å². The third-order valence-corrected chi connectivity index (χ3v) is 4.74. The number of hydrogen-bond donors (Lipinski definition) is 1. The van der Waals surface area contributed by atoms with E-state index in [9.17, 15) is 0 Å². The third-order valence-electron chi connectivity index (χ3n) is 3.47. The zero-order chi connectivity index (χ0) is 16.9. The van der Waals surface area contributed by atoms with Crippen LogP contribution in [0.1, 0.15) is 5.69 Å². The quantitative estimate of drug-likeness (QED) is 0.365. The molecule has 1 heterocycles. The summed E-state index contributed by atoms with van der Waals surface area (Å²) in [5.41, 5.74) is 2.88. The summed E-state index contributed by atoms with van der Waals surface area (Å²) in [6.45, 7) is 1.98. The number of ether oxygens (including phenoxy) is 1. The van der Waals surface area contributed by atoms with Gasteiger partial charge in [-0.3, -0.25) is 0 Å². The van der Waals surface area contributed by atoms with Crippen molar-refractivity contribution in [3.8, 4) is 11.4 Å². The maximum absolute atomic E-state index is 5.15. The van der Waals surface area contributed by atoms with Crippen molar-refractivity contribution in [2.75, 3.05) is 12.4 Å². The Hall–Kier alpha value is -2.35. The van der Waals surface area contributed by atoms with Crippen LogP contribution < -0.4 is 10.1 Å². The van der Waals surface area contributed by atoms with E-state index in [4.69, 9.17) is 4.74 Å². The molecule has 2 aromatic carbocycles. The minimum absolute atomic E-state index is 0.806. The van der Waals surface area contributed by atoms with Gasteiger partial charge < -0.3 is 10.1 Å². The van der Waals surface area contributed by atoms with Crippen molar-refractivity contribution < 1.29 is 4.74 Å². The second-order valence-corrected chi connectivity index (χ2v) is 6.18. The highest BCUT2D eigenvalue weighted by Gasteiger charge is 2.12. The minimum Gasteiger partial charge on any atom is -0.497 e. The van der Waals surface area contributed by atoms with Crippen LogP contribution in [0.25, 0.3) is 5.69 Å². The van der Waals surface area contributed by atoms with E-state index in [2.05, 4.69) is 38.0 Å². The van der Waals surface area contributed by atoms with Crippen LogP contribution in [0.15, 0.2) is 59.6 Å². The summed E-state index contributed by atoms with van der Waals surface area (Å²) in [6, 6.07) is 17.7. The largest absolute Gasteiger partial charge is 0.497 e. The molecule has 24 heavy (non-hydrogen) atoms. The van der Waals surface area contributed by atoms with Crippen LogP contribution in [0.4, 0.5) is 11.5 Å². The van der Waals surface area contributed by atoms with Crippen LogP contribution in [0.2, 0.25) is 0 Å². The molecular formula is C18H17IN4O. The van der Waals surface area contributed by atoms with Crippen molar-refractivity contribution >= 4 is 40.4 Å². The lowest BCUT2D eigenvalue weighted by atomic mass is 10.3. The fourth-order valence-electron chi connectivity index (χ4n) is 2.21. The smallest absolute Gasteiger partial charge is 0.170 e. The van der Waals surface area contributed by atoms with Gasteiger partial charge in [0.1, 0.15) is 5.75 Å². The lowest BCUT2D eigenvalue weighted by molar-refractivity contribution is 0.415. The first-order valence-electron chi connectivity index (χ1n) is 7.42. The molecule has 0 amide bonds. The second-order valence-electron chi connectivity index (χ2n) is 5.10. The molecule has 0 saturated carbocycles. The van der Waals surface area contributed by atoms with Crippen molar-refractivity contribution in [3.63, 3.8) is 0 Å². The predicted octanol–water partition coefficient (Wildman–Crippen LogP) is 4.57. The average Bonchev–Trinajstić information content (AvgIpc) is 2.91. The monoisotopic (exact) mass is 432 g/mol. The molecule has 1 N–H and O–H groups in total. The van der Waals surface area contributed by atoms with Gasteiger partial charge in [0.2, 0.25) is 0 Å². The van der Waals surface area contributed by atoms with Crippen molar-refractivity contribution in [1.29, 1.82) is 0 Å². The van der Waals surface area contributed by atoms with Gasteiger partial charge in [0, 0.05) is 5.69 Å². The molecule has 0 spiro atoms. The Labute approximate surface area is 154 Å². The normalized spacial score (nSPS) is 11.0. The lowest BCUT2D eigenvalue weighted by Crippen LogP contribution is -1.98. The molecule has 0 aliphatic heterocycles. The number of aryl methyl sites for hydroxylation is 1. The molecule has 0 saturated heterocycles. The Kier molecular flexibility index (Phi) is 5.14. The number of benzene rings is 2. The molecule has 5 nitrogen and oxygen atoms in total. The summed E-state index contributed by atoms with van der Waals surface area (Å²) < 4.78 is 8.03. The Bertz CT molecular complexity index is 841. The van der Waals surface area contributed by atoms with Gasteiger partial charge in [-0.2, -0.15) is 5.10 Å². The number of nitrogens with zero attached hydrogens (tertiary/aromatic N) is 3. The van der Waals surface area contributed by atoms with E-state index in [1.165, 1.54) is 0 Å². The molecule has 0 aliphatic rings. The van der Waals surface area contributed by atoms with Crippen molar-refractivity contribution in [2.24, 2.45) is 4.99 Å². The van der Waals surface area contributed by atoms with Crippen LogP contribution in [0.3, 0.4) is 0 Å². The summed E-state index contributed by atoms with van der Waals surface area (Å²) in [4.78, 5) is 4.57. The third kappa shape index (κ3) is 3.59. The number of hydrogen-bond acceptors (Lipinski definition) is 3. The van der Waals surface area contributed by atoms with E-state index in [0.29, 0.717) is 0 Å².